The Kier molecular flexibility index (Phi) is 6.32. The summed E-state index contributed by atoms with van der Waals surface area (Å²) in [6.45, 7) is 0.246. The average molecular weight is 457 g/mol. The predicted octanol–water partition coefficient (Wildman–Crippen LogP) is 5.49. The quantitative estimate of drug-likeness (QED) is 0.289. The van der Waals surface area contributed by atoms with Crippen LogP contribution in [0.2, 0.25) is 10.0 Å². The molecular formula is C21H14Cl2N4O2S. The van der Waals surface area contributed by atoms with Crippen LogP contribution in [0.4, 0.5) is 0 Å². The van der Waals surface area contributed by atoms with Crippen LogP contribution in [0.3, 0.4) is 0 Å². The molecule has 1 saturated heterocycles. The van der Waals surface area contributed by atoms with Crippen LogP contribution in [0, 0.1) is 0 Å². The van der Waals surface area contributed by atoms with E-state index in [9.17, 15) is 4.79 Å². The molecule has 0 N–H and O–H groups in total. The Labute approximate surface area is 186 Å². The number of halogens is 2. The van der Waals surface area contributed by atoms with Crippen molar-refractivity contribution in [1.29, 1.82) is 0 Å². The van der Waals surface area contributed by atoms with Gasteiger partial charge in [0.15, 0.2) is 5.17 Å². The first kappa shape index (κ1) is 20.4. The summed E-state index contributed by atoms with van der Waals surface area (Å²) in [5.41, 5.74) is 1.45. The van der Waals surface area contributed by atoms with Crippen molar-refractivity contribution in [3.05, 3.63) is 93.0 Å². The molecule has 1 amide bonds. The maximum absolute atomic E-state index is 13.0. The number of benzene rings is 1. The van der Waals surface area contributed by atoms with E-state index in [4.69, 9.17) is 27.6 Å². The van der Waals surface area contributed by atoms with Crippen LogP contribution in [0.15, 0.2) is 80.6 Å². The summed E-state index contributed by atoms with van der Waals surface area (Å²) in [6, 6.07) is 12.5. The lowest BCUT2D eigenvalue weighted by molar-refractivity contribution is -0.122. The number of hydrogen-bond donors (Lipinski definition) is 0. The molecule has 3 heterocycles. The number of pyridine rings is 1. The van der Waals surface area contributed by atoms with Crippen LogP contribution in [0.5, 0.6) is 0 Å². The van der Waals surface area contributed by atoms with E-state index in [0.29, 0.717) is 31.4 Å². The molecule has 1 aromatic carbocycles. The van der Waals surface area contributed by atoms with Crippen LogP contribution in [-0.2, 0) is 11.3 Å². The molecule has 0 radical (unpaired) electrons. The topological polar surface area (TPSA) is 71.1 Å². The lowest BCUT2D eigenvalue weighted by Gasteiger charge is -2.12. The van der Waals surface area contributed by atoms with E-state index in [1.807, 2.05) is 12.1 Å². The number of carbonyl (C=O) groups is 1. The average Bonchev–Trinajstić information content (AvgIpc) is 3.36. The number of hydrogen-bond acceptors (Lipinski definition) is 6. The van der Waals surface area contributed by atoms with Gasteiger partial charge in [-0.15, -0.1) is 5.10 Å². The summed E-state index contributed by atoms with van der Waals surface area (Å²) in [5.74, 6) is 0.455. The molecular weight excluding hydrogens is 443 g/mol. The Hall–Kier alpha value is -2.87. The highest BCUT2D eigenvalue weighted by molar-refractivity contribution is 8.18. The Morgan fingerprint density at radius 2 is 2.07 bits per heavy atom. The van der Waals surface area contributed by atoms with Crippen LogP contribution in [-0.4, -0.2) is 27.2 Å². The largest absolute Gasteiger partial charge is 0.467 e. The summed E-state index contributed by atoms with van der Waals surface area (Å²) in [7, 11) is 0. The molecule has 0 atom stereocenters. The number of nitrogens with zero attached hydrogens (tertiary/aromatic N) is 4. The Morgan fingerprint density at radius 1 is 1.17 bits per heavy atom. The molecule has 1 fully saturated rings. The predicted molar refractivity (Wildman–Crippen MR) is 121 cm³/mol. The minimum atomic E-state index is -0.185. The highest BCUT2D eigenvalue weighted by Gasteiger charge is 2.34. The van der Waals surface area contributed by atoms with Crippen LogP contribution >= 0.6 is 35.0 Å². The molecule has 150 valence electrons. The van der Waals surface area contributed by atoms with Crippen LogP contribution in [0.1, 0.15) is 16.9 Å². The smallest absolute Gasteiger partial charge is 0.267 e. The van der Waals surface area contributed by atoms with Gasteiger partial charge in [0.05, 0.1) is 34.0 Å². The number of amides is 1. The first-order valence-electron chi connectivity index (χ1n) is 8.80. The van der Waals surface area contributed by atoms with Gasteiger partial charge in [-0.05, 0) is 47.7 Å². The molecule has 0 spiro atoms. The fraction of sp³-hybridized carbons (Fsp3) is 0.0476. The first-order valence-corrected chi connectivity index (χ1v) is 10.4. The van der Waals surface area contributed by atoms with E-state index >= 15 is 0 Å². The summed E-state index contributed by atoms with van der Waals surface area (Å²) in [6.07, 6.45) is 8.20. The monoisotopic (exact) mass is 456 g/mol. The molecule has 6 nitrogen and oxygen atoms in total. The maximum Gasteiger partial charge on any atom is 0.267 e. The highest BCUT2D eigenvalue weighted by atomic mass is 35.5. The zero-order chi connectivity index (χ0) is 20.9. The number of aromatic nitrogens is 1. The van der Waals surface area contributed by atoms with Crippen molar-refractivity contribution < 1.29 is 9.21 Å². The molecule has 1 aliphatic heterocycles. The number of amidine groups is 1. The zero-order valence-electron chi connectivity index (χ0n) is 15.4. The molecule has 2 aromatic heterocycles. The van der Waals surface area contributed by atoms with Gasteiger partial charge in [-0.2, -0.15) is 5.10 Å². The third-order valence-electron chi connectivity index (χ3n) is 4.09. The summed E-state index contributed by atoms with van der Waals surface area (Å²) in [4.78, 5) is 19.1. The molecule has 0 unspecified atom stereocenters. The van der Waals surface area contributed by atoms with Gasteiger partial charge >= 0.3 is 0 Å². The molecule has 3 aromatic rings. The van der Waals surface area contributed by atoms with Crippen molar-refractivity contribution in [2.45, 2.75) is 6.54 Å². The van der Waals surface area contributed by atoms with Crippen molar-refractivity contribution in [1.82, 2.24) is 9.88 Å². The number of carbonyl (C=O) groups excluding carboxylic acids is 1. The van der Waals surface area contributed by atoms with Gasteiger partial charge in [-0.1, -0.05) is 41.4 Å². The molecule has 0 aliphatic carbocycles. The molecule has 30 heavy (non-hydrogen) atoms. The lowest BCUT2D eigenvalue weighted by Crippen LogP contribution is -2.28. The van der Waals surface area contributed by atoms with Crippen molar-refractivity contribution in [3.63, 3.8) is 0 Å². The van der Waals surface area contributed by atoms with E-state index in [-0.39, 0.29) is 12.5 Å². The third-order valence-corrected chi connectivity index (χ3v) is 5.92. The maximum atomic E-state index is 13.0. The summed E-state index contributed by atoms with van der Waals surface area (Å²) < 4.78 is 5.39. The normalized spacial score (nSPS) is 17.0. The van der Waals surface area contributed by atoms with Crippen LogP contribution < -0.4 is 0 Å². The second-order valence-electron chi connectivity index (χ2n) is 6.14. The number of furan rings is 1. The van der Waals surface area contributed by atoms with E-state index in [1.54, 1.807) is 55.1 Å². The molecule has 0 bridgehead atoms. The Bertz CT molecular complexity index is 1150. The number of rotatable bonds is 5. The molecule has 0 saturated carbocycles. The standard InChI is InChI=1S/C21H14Cl2N4O2S/c22-17-7-1-5-15(19(17)23)12-25-26-21-27(13-16-6-3-9-29-16)20(28)18(30-21)10-14-4-2-8-24-11-14/h1-12H,13H2/b18-10-,25-12-,26-21+. The lowest BCUT2D eigenvalue weighted by atomic mass is 10.2. The van der Waals surface area contributed by atoms with Crippen molar-refractivity contribution in [3.8, 4) is 0 Å². The van der Waals surface area contributed by atoms with E-state index in [2.05, 4.69) is 15.2 Å². The molecule has 9 heteroatoms. The van der Waals surface area contributed by atoms with Crippen LogP contribution in [0.25, 0.3) is 6.08 Å². The zero-order valence-corrected chi connectivity index (χ0v) is 17.7. The minimum absolute atomic E-state index is 0.185. The Balaban J connectivity index is 1.63. The second kappa shape index (κ2) is 9.30. The fourth-order valence-corrected chi connectivity index (χ4v) is 3.95. The van der Waals surface area contributed by atoms with Gasteiger partial charge in [0, 0.05) is 18.0 Å². The van der Waals surface area contributed by atoms with Gasteiger partial charge in [-0.25, -0.2) is 0 Å². The summed E-state index contributed by atoms with van der Waals surface area (Å²) in [5, 5.41) is 9.62. The Morgan fingerprint density at radius 3 is 2.83 bits per heavy atom. The van der Waals surface area contributed by atoms with E-state index in [0.717, 1.165) is 5.56 Å². The summed E-state index contributed by atoms with van der Waals surface area (Å²) >= 11 is 13.4. The minimum Gasteiger partial charge on any atom is -0.467 e. The van der Waals surface area contributed by atoms with Crippen molar-refractivity contribution in [2.24, 2.45) is 10.2 Å². The van der Waals surface area contributed by atoms with Gasteiger partial charge in [0.1, 0.15) is 5.76 Å². The highest BCUT2D eigenvalue weighted by Crippen LogP contribution is 2.33. The SMILES string of the molecule is O=C1/C(=C/c2cccnc2)S/C(=N/N=C\c2cccc(Cl)c2Cl)N1Cc1ccco1. The van der Waals surface area contributed by atoms with Crippen molar-refractivity contribution in [2.75, 3.05) is 0 Å². The van der Waals surface area contributed by atoms with E-state index < -0.39 is 0 Å². The van der Waals surface area contributed by atoms with Gasteiger partial charge in [0.25, 0.3) is 5.91 Å². The fourth-order valence-electron chi connectivity index (χ4n) is 2.65. The van der Waals surface area contributed by atoms with Gasteiger partial charge in [0.2, 0.25) is 0 Å². The first-order chi connectivity index (χ1) is 14.6. The third kappa shape index (κ3) is 4.64. The number of thioether (sulfide) groups is 1. The van der Waals surface area contributed by atoms with Crippen molar-refractivity contribution >= 4 is 58.3 Å². The molecule has 4 rings (SSSR count). The second-order valence-corrected chi connectivity index (χ2v) is 7.93. The van der Waals surface area contributed by atoms with Gasteiger partial charge < -0.3 is 4.42 Å². The molecule has 1 aliphatic rings. The van der Waals surface area contributed by atoms with Gasteiger partial charge in [-0.3, -0.25) is 14.7 Å². The van der Waals surface area contributed by atoms with E-state index in [1.165, 1.54) is 22.9 Å².